The molecule has 1 aromatic heterocycles. The van der Waals surface area contributed by atoms with E-state index in [4.69, 9.17) is 11.6 Å². The lowest BCUT2D eigenvalue weighted by atomic mass is 9.99. The van der Waals surface area contributed by atoms with E-state index >= 15 is 0 Å². The number of imidazole rings is 1. The highest BCUT2D eigenvalue weighted by Gasteiger charge is 2.23. The van der Waals surface area contributed by atoms with Gasteiger partial charge in [-0.3, -0.25) is 0 Å². The molecule has 18 heavy (non-hydrogen) atoms. The molecule has 0 aliphatic carbocycles. The minimum Gasteiger partial charge on any atom is -0.315 e. The molecule has 1 saturated heterocycles. The Hall–Kier alpha value is -1.39. The first-order valence-corrected chi connectivity index (χ1v) is 6.23. The van der Waals surface area contributed by atoms with Gasteiger partial charge in [0, 0.05) is 30.9 Å². The molecule has 3 nitrogen and oxygen atoms in total. The lowest BCUT2D eigenvalue weighted by Gasteiger charge is -2.28. The summed E-state index contributed by atoms with van der Waals surface area (Å²) < 4.78 is 15.4. The molecule has 5 heteroatoms. The summed E-state index contributed by atoms with van der Waals surface area (Å²) in [4.78, 5) is 4.18. The fourth-order valence-corrected chi connectivity index (χ4v) is 2.37. The summed E-state index contributed by atoms with van der Waals surface area (Å²) in [5.41, 5.74) is 2.48. The van der Waals surface area contributed by atoms with Crippen LogP contribution in [0.3, 0.4) is 0 Å². The van der Waals surface area contributed by atoms with Gasteiger partial charge in [-0.2, -0.15) is 0 Å². The summed E-state index contributed by atoms with van der Waals surface area (Å²) in [6.45, 7) is 3.63. The highest BCUT2D eigenvalue weighted by molar-refractivity contribution is 6.32. The van der Waals surface area contributed by atoms with Gasteiger partial charge >= 0.3 is 0 Å². The Morgan fingerprint density at radius 3 is 2.89 bits per heavy atom. The van der Waals surface area contributed by atoms with Gasteiger partial charge in [-0.1, -0.05) is 11.6 Å². The third-order valence-electron chi connectivity index (χ3n) is 3.35. The number of aryl methyl sites for hydroxylation is 1. The third-order valence-corrected chi connectivity index (χ3v) is 3.66. The van der Waals surface area contributed by atoms with E-state index < -0.39 is 0 Å². The summed E-state index contributed by atoms with van der Waals surface area (Å²) >= 11 is 6.13. The molecule has 0 bridgehead atoms. The van der Waals surface area contributed by atoms with Crippen LogP contribution in [-0.2, 0) is 0 Å². The van der Waals surface area contributed by atoms with E-state index in [0.717, 1.165) is 24.5 Å². The van der Waals surface area contributed by atoms with Crippen molar-refractivity contribution in [3.05, 3.63) is 46.8 Å². The molecule has 3 rings (SSSR count). The van der Waals surface area contributed by atoms with Crippen molar-refractivity contribution >= 4 is 11.6 Å². The SMILES string of the molecule is Cc1cc(-n2cncc2C2CNC2)c(Cl)cc1F. The Morgan fingerprint density at radius 2 is 2.22 bits per heavy atom. The number of halogens is 2. The zero-order chi connectivity index (χ0) is 12.7. The number of benzene rings is 1. The number of hydrogen-bond acceptors (Lipinski definition) is 2. The largest absolute Gasteiger partial charge is 0.315 e. The molecule has 1 aromatic carbocycles. The molecule has 0 amide bonds. The lowest BCUT2D eigenvalue weighted by Crippen LogP contribution is -2.40. The smallest absolute Gasteiger partial charge is 0.127 e. The molecular formula is C13H13ClFN3. The van der Waals surface area contributed by atoms with Gasteiger partial charge < -0.3 is 9.88 Å². The highest BCUT2D eigenvalue weighted by Crippen LogP contribution is 2.28. The predicted octanol–water partition coefficient (Wildman–Crippen LogP) is 2.66. The Bertz CT molecular complexity index is 590. The van der Waals surface area contributed by atoms with Crippen molar-refractivity contribution < 1.29 is 4.39 Å². The second-order valence-corrected chi connectivity index (χ2v) is 5.00. The van der Waals surface area contributed by atoms with Gasteiger partial charge in [0.1, 0.15) is 5.82 Å². The van der Waals surface area contributed by atoms with Crippen LogP contribution in [0.25, 0.3) is 5.69 Å². The molecule has 0 radical (unpaired) electrons. The molecule has 1 N–H and O–H groups in total. The first-order valence-electron chi connectivity index (χ1n) is 5.86. The lowest BCUT2D eigenvalue weighted by molar-refractivity contribution is 0.435. The highest BCUT2D eigenvalue weighted by atomic mass is 35.5. The summed E-state index contributed by atoms with van der Waals surface area (Å²) in [5, 5.41) is 3.64. The van der Waals surface area contributed by atoms with Gasteiger partial charge in [0.2, 0.25) is 0 Å². The van der Waals surface area contributed by atoms with Crippen LogP contribution < -0.4 is 5.32 Å². The van der Waals surface area contributed by atoms with Crippen molar-refractivity contribution in [2.24, 2.45) is 0 Å². The molecular weight excluding hydrogens is 253 g/mol. The molecule has 0 atom stereocenters. The van der Waals surface area contributed by atoms with Gasteiger partial charge in [-0.05, 0) is 24.6 Å². The van der Waals surface area contributed by atoms with Crippen molar-refractivity contribution in [1.29, 1.82) is 0 Å². The van der Waals surface area contributed by atoms with E-state index in [1.54, 1.807) is 19.3 Å². The molecule has 94 valence electrons. The van der Waals surface area contributed by atoms with E-state index in [0.29, 0.717) is 16.5 Å². The van der Waals surface area contributed by atoms with Crippen LogP contribution in [0.2, 0.25) is 5.02 Å². The number of rotatable bonds is 2. The van der Waals surface area contributed by atoms with Crippen molar-refractivity contribution in [3.63, 3.8) is 0 Å². The average molecular weight is 266 g/mol. The second kappa shape index (κ2) is 4.37. The maximum absolute atomic E-state index is 13.4. The number of nitrogens with one attached hydrogen (secondary N) is 1. The van der Waals surface area contributed by atoms with Crippen LogP contribution in [-0.4, -0.2) is 22.6 Å². The van der Waals surface area contributed by atoms with E-state index in [1.165, 1.54) is 6.07 Å². The van der Waals surface area contributed by atoms with Crippen molar-refractivity contribution in [2.75, 3.05) is 13.1 Å². The third kappa shape index (κ3) is 1.82. The first-order chi connectivity index (χ1) is 8.66. The van der Waals surface area contributed by atoms with Crippen LogP contribution in [0, 0.1) is 12.7 Å². The molecule has 1 aliphatic heterocycles. The average Bonchev–Trinajstić information content (AvgIpc) is 2.70. The minimum absolute atomic E-state index is 0.282. The van der Waals surface area contributed by atoms with Crippen LogP contribution >= 0.6 is 11.6 Å². The number of hydrogen-bond donors (Lipinski definition) is 1. The van der Waals surface area contributed by atoms with Crippen molar-refractivity contribution in [2.45, 2.75) is 12.8 Å². The quantitative estimate of drug-likeness (QED) is 0.905. The Labute approximate surface area is 110 Å². The Balaban J connectivity index is 2.09. The molecule has 1 fully saturated rings. The van der Waals surface area contributed by atoms with Crippen LogP contribution in [0.5, 0.6) is 0 Å². The molecule has 0 saturated carbocycles. The van der Waals surface area contributed by atoms with Gasteiger partial charge in [-0.15, -0.1) is 0 Å². The topological polar surface area (TPSA) is 29.9 Å². The molecule has 2 heterocycles. The molecule has 0 spiro atoms. The zero-order valence-electron chi connectivity index (χ0n) is 9.95. The Kier molecular flexibility index (Phi) is 2.84. The summed E-state index contributed by atoms with van der Waals surface area (Å²) in [6.07, 6.45) is 3.58. The summed E-state index contributed by atoms with van der Waals surface area (Å²) in [6, 6.07) is 3.12. The maximum atomic E-state index is 13.4. The maximum Gasteiger partial charge on any atom is 0.127 e. The monoisotopic (exact) mass is 265 g/mol. The van der Waals surface area contributed by atoms with Gasteiger partial charge in [0.15, 0.2) is 0 Å². The van der Waals surface area contributed by atoms with Gasteiger partial charge in [0.25, 0.3) is 0 Å². The fraction of sp³-hybridized carbons (Fsp3) is 0.308. The first kappa shape index (κ1) is 11.7. The van der Waals surface area contributed by atoms with Crippen LogP contribution in [0.1, 0.15) is 17.2 Å². The van der Waals surface area contributed by atoms with E-state index in [1.807, 2.05) is 10.8 Å². The van der Waals surface area contributed by atoms with E-state index in [9.17, 15) is 4.39 Å². The molecule has 0 unspecified atom stereocenters. The standard InChI is InChI=1S/C13H13ClFN3/c1-8-2-12(10(14)3-11(8)15)18-7-17-6-13(18)9-4-16-5-9/h2-3,6-7,9,16H,4-5H2,1H3. The number of nitrogens with zero attached hydrogens (tertiary/aromatic N) is 2. The fourth-order valence-electron chi connectivity index (χ4n) is 2.13. The second-order valence-electron chi connectivity index (χ2n) is 4.60. The molecule has 1 aliphatic rings. The number of aromatic nitrogens is 2. The van der Waals surface area contributed by atoms with E-state index in [-0.39, 0.29) is 5.82 Å². The van der Waals surface area contributed by atoms with Gasteiger partial charge in [0.05, 0.1) is 17.0 Å². The molecule has 2 aromatic rings. The van der Waals surface area contributed by atoms with Crippen LogP contribution in [0.15, 0.2) is 24.7 Å². The Morgan fingerprint density at radius 1 is 1.44 bits per heavy atom. The van der Waals surface area contributed by atoms with Gasteiger partial charge in [-0.25, -0.2) is 9.37 Å². The summed E-state index contributed by atoms with van der Waals surface area (Å²) in [7, 11) is 0. The normalized spacial score (nSPS) is 15.7. The predicted molar refractivity (Wildman–Crippen MR) is 68.9 cm³/mol. The minimum atomic E-state index is -0.282. The summed E-state index contributed by atoms with van der Waals surface area (Å²) in [5.74, 6) is 0.171. The van der Waals surface area contributed by atoms with E-state index in [2.05, 4.69) is 10.3 Å². The van der Waals surface area contributed by atoms with Crippen molar-refractivity contribution in [1.82, 2.24) is 14.9 Å². The zero-order valence-corrected chi connectivity index (χ0v) is 10.7. The van der Waals surface area contributed by atoms with Crippen LogP contribution in [0.4, 0.5) is 4.39 Å². The van der Waals surface area contributed by atoms with Crippen molar-refractivity contribution in [3.8, 4) is 5.69 Å².